The number of nitrogens with two attached hydrogens (primary N) is 1. The molecule has 0 atom stereocenters. The van der Waals surface area contributed by atoms with Crippen LogP contribution in [0.15, 0.2) is 35.4 Å². The predicted octanol–water partition coefficient (Wildman–Crippen LogP) is 3.72. The van der Waals surface area contributed by atoms with Gasteiger partial charge in [0.05, 0.1) is 15.7 Å². The Hall–Kier alpha value is -3.81. The topological polar surface area (TPSA) is 147 Å². The van der Waals surface area contributed by atoms with Gasteiger partial charge in [0.2, 0.25) is 5.71 Å². The van der Waals surface area contributed by atoms with Crippen molar-refractivity contribution in [3.8, 4) is 17.6 Å². The fraction of sp³-hybridized carbons (Fsp3) is 0.190. The molecule has 1 heterocycles. The van der Waals surface area contributed by atoms with E-state index in [1.54, 1.807) is 23.1 Å². The average Bonchev–Trinajstić information content (AvgIpc) is 2.76. The number of benzene rings is 2. The number of amides is 2. The predicted molar refractivity (Wildman–Crippen MR) is 121 cm³/mol. The van der Waals surface area contributed by atoms with Gasteiger partial charge in [-0.1, -0.05) is 23.2 Å². The number of esters is 1. The minimum absolute atomic E-state index is 0.0196. The van der Waals surface area contributed by atoms with Crippen molar-refractivity contribution in [2.24, 2.45) is 10.8 Å². The van der Waals surface area contributed by atoms with Gasteiger partial charge in [0.25, 0.3) is 5.91 Å². The van der Waals surface area contributed by atoms with E-state index < -0.39 is 17.8 Å². The van der Waals surface area contributed by atoms with E-state index in [0.717, 1.165) is 5.56 Å². The number of carbonyl (C=O) groups is 3. The van der Waals surface area contributed by atoms with Gasteiger partial charge in [-0.2, -0.15) is 10.4 Å². The molecule has 12 heteroatoms. The van der Waals surface area contributed by atoms with Crippen LogP contribution in [0.25, 0.3) is 0 Å². The number of ether oxygens (including phenoxy) is 2. The zero-order chi connectivity index (χ0) is 24.1. The van der Waals surface area contributed by atoms with Crippen molar-refractivity contribution in [1.29, 1.82) is 5.26 Å². The van der Waals surface area contributed by atoms with Crippen LogP contribution < -0.4 is 15.9 Å². The lowest BCUT2D eigenvalue weighted by Crippen LogP contribution is -2.37. The molecule has 0 fully saturated rings. The Kier molecular flexibility index (Phi) is 7.37. The first-order valence-electron chi connectivity index (χ1n) is 9.58. The summed E-state index contributed by atoms with van der Waals surface area (Å²) in [4.78, 5) is 36.4. The number of nitrogens with zero attached hydrogens (tertiary/aromatic N) is 3. The van der Waals surface area contributed by atoms with Crippen molar-refractivity contribution in [1.82, 2.24) is 4.90 Å². The van der Waals surface area contributed by atoms with Crippen molar-refractivity contribution >= 4 is 52.6 Å². The maximum atomic E-state index is 12.4. The van der Waals surface area contributed by atoms with Crippen LogP contribution in [0.1, 0.15) is 22.8 Å². The first-order valence-corrected chi connectivity index (χ1v) is 10.3. The van der Waals surface area contributed by atoms with E-state index in [4.69, 9.17) is 38.9 Å². The van der Waals surface area contributed by atoms with Crippen LogP contribution in [0.3, 0.4) is 0 Å². The highest BCUT2D eigenvalue weighted by Crippen LogP contribution is 2.39. The summed E-state index contributed by atoms with van der Waals surface area (Å²) < 4.78 is 9.94. The Morgan fingerprint density at radius 1 is 1.27 bits per heavy atom. The molecule has 0 aliphatic carbocycles. The van der Waals surface area contributed by atoms with Gasteiger partial charge in [0.15, 0.2) is 5.75 Å². The van der Waals surface area contributed by atoms with E-state index >= 15 is 0 Å². The molecule has 2 amide bonds. The summed E-state index contributed by atoms with van der Waals surface area (Å²) in [6.07, 6.45) is -0.668. The van der Waals surface area contributed by atoms with Gasteiger partial charge >= 0.3 is 12.1 Å². The van der Waals surface area contributed by atoms with Crippen molar-refractivity contribution in [2.45, 2.75) is 13.3 Å². The van der Waals surface area contributed by atoms with Gasteiger partial charge in [0, 0.05) is 18.7 Å². The highest BCUT2D eigenvalue weighted by molar-refractivity contribution is 6.44. The van der Waals surface area contributed by atoms with Gasteiger partial charge in [-0.3, -0.25) is 10.2 Å². The van der Waals surface area contributed by atoms with E-state index in [9.17, 15) is 14.4 Å². The molecule has 0 saturated carbocycles. The number of rotatable bonds is 6. The Morgan fingerprint density at radius 3 is 2.58 bits per heavy atom. The van der Waals surface area contributed by atoms with E-state index in [1.807, 2.05) is 6.92 Å². The number of hydrogen-bond acceptors (Lipinski definition) is 8. The smallest absolute Gasteiger partial charge is 0.412 e. The van der Waals surface area contributed by atoms with E-state index in [0.29, 0.717) is 30.8 Å². The number of hydrazone groups is 1. The number of anilines is 1. The number of primary amides is 1. The molecule has 1 aliphatic heterocycles. The summed E-state index contributed by atoms with van der Waals surface area (Å²) in [5.74, 6) is -0.717. The van der Waals surface area contributed by atoms with E-state index in [-0.39, 0.29) is 27.4 Å². The molecule has 0 radical (unpaired) electrons. The maximum absolute atomic E-state index is 12.4. The number of likely N-dealkylation sites (N-methyl/N-ethyl adjacent to an activating group) is 1. The fourth-order valence-electron chi connectivity index (χ4n) is 3.09. The first kappa shape index (κ1) is 23.8. The number of hydrogen-bond donors (Lipinski definition) is 2. The summed E-state index contributed by atoms with van der Waals surface area (Å²) in [5.41, 5.74) is 8.15. The van der Waals surface area contributed by atoms with Gasteiger partial charge in [-0.15, -0.1) is 0 Å². The number of nitrogens with one attached hydrogen (secondary N) is 1. The van der Waals surface area contributed by atoms with Crippen LogP contribution in [-0.4, -0.2) is 41.7 Å². The second-order valence-corrected chi connectivity index (χ2v) is 7.53. The Balaban J connectivity index is 1.78. The molecular formula is C21H17Cl2N5O5. The van der Waals surface area contributed by atoms with Crippen molar-refractivity contribution in [2.75, 3.05) is 18.5 Å². The molecule has 1 aliphatic rings. The second kappa shape index (κ2) is 10.2. The lowest BCUT2D eigenvalue weighted by Gasteiger charge is -2.27. The van der Waals surface area contributed by atoms with Gasteiger partial charge in [-0.25, -0.2) is 9.59 Å². The largest absolute Gasteiger partial charge is 0.454 e. The lowest BCUT2D eigenvalue weighted by molar-refractivity contribution is -0.129. The highest BCUT2D eigenvalue weighted by Gasteiger charge is 2.24. The quantitative estimate of drug-likeness (QED) is 0.272. The molecule has 3 N–H and O–H groups in total. The molecule has 0 bridgehead atoms. The zero-order valence-electron chi connectivity index (χ0n) is 17.2. The van der Waals surface area contributed by atoms with Crippen molar-refractivity contribution < 1.29 is 23.9 Å². The van der Waals surface area contributed by atoms with Crippen molar-refractivity contribution in [3.05, 3.63) is 51.5 Å². The third-order valence-corrected chi connectivity index (χ3v) is 5.20. The van der Waals surface area contributed by atoms with Crippen LogP contribution in [0, 0.1) is 11.3 Å². The first-order chi connectivity index (χ1) is 15.7. The van der Waals surface area contributed by atoms with E-state index in [2.05, 4.69) is 15.3 Å². The molecule has 170 valence electrons. The molecule has 3 rings (SSSR count). The Labute approximate surface area is 198 Å². The third kappa shape index (κ3) is 5.52. The number of fused-ring (bicyclic) bond motifs is 1. The standard InChI is InChI=1S/C21H17Cl2N5O5/c1-2-28-6-5-11-7-13(3-4-14(11)19(28)29)32-18-15(22)8-12(9-16(18)23)26-27-17(10-24)20(30)33-21(25)31/h3-4,7-9,26H,2,5-6H2,1H3,(H2,25,31). The van der Waals surface area contributed by atoms with Gasteiger partial charge in [-0.05, 0) is 49.2 Å². The summed E-state index contributed by atoms with van der Waals surface area (Å²) >= 11 is 12.6. The summed E-state index contributed by atoms with van der Waals surface area (Å²) in [6.45, 7) is 3.21. The number of halogens is 2. The molecule has 2 aromatic carbocycles. The fourth-order valence-corrected chi connectivity index (χ4v) is 3.66. The summed E-state index contributed by atoms with van der Waals surface area (Å²) in [7, 11) is 0. The van der Waals surface area contributed by atoms with Crippen molar-refractivity contribution in [3.63, 3.8) is 0 Å². The summed E-state index contributed by atoms with van der Waals surface area (Å²) in [5, 5.41) is 12.8. The van der Waals surface area contributed by atoms with Gasteiger partial charge in [0.1, 0.15) is 11.8 Å². The lowest BCUT2D eigenvalue weighted by atomic mass is 9.99. The molecule has 2 aromatic rings. The van der Waals surface area contributed by atoms with Gasteiger partial charge < -0.3 is 20.1 Å². The monoisotopic (exact) mass is 489 g/mol. The summed E-state index contributed by atoms with van der Waals surface area (Å²) in [6, 6.07) is 9.41. The van der Waals surface area contributed by atoms with Crippen LogP contribution in [0.4, 0.5) is 10.5 Å². The molecule has 10 nitrogen and oxygen atoms in total. The molecule has 33 heavy (non-hydrogen) atoms. The maximum Gasteiger partial charge on any atom is 0.412 e. The van der Waals surface area contributed by atoms with Crippen LogP contribution in [0.5, 0.6) is 11.5 Å². The van der Waals surface area contributed by atoms with E-state index in [1.165, 1.54) is 18.2 Å². The zero-order valence-corrected chi connectivity index (χ0v) is 18.7. The minimum atomic E-state index is -1.37. The Bertz CT molecular complexity index is 1190. The Morgan fingerprint density at radius 2 is 1.97 bits per heavy atom. The molecule has 0 unspecified atom stereocenters. The van der Waals surface area contributed by atoms with Crippen LogP contribution in [0.2, 0.25) is 10.0 Å². The molecule has 0 saturated heterocycles. The normalized spacial score (nSPS) is 13.1. The number of nitriles is 1. The average molecular weight is 490 g/mol. The molecular weight excluding hydrogens is 473 g/mol. The van der Waals surface area contributed by atoms with Crippen LogP contribution >= 0.6 is 23.2 Å². The number of carbonyl (C=O) groups excluding carboxylic acids is 3. The molecule has 0 aromatic heterocycles. The SMILES string of the molecule is CCN1CCc2cc(Oc3c(Cl)cc(NN=C(C#N)C(=O)OC(N)=O)cc3Cl)ccc2C1=O. The molecule has 0 spiro atoms. The van der Waals surface area contributed by atoms with Crippen LogP contribution in [-0.2, 0) is 16.0 Å². The third-order valence-electron chi connectivity index (χ3n) is 4.63. The highest BCUT2D eigenvalue weighted by atomic mass is 35.5. The minimum Gasteiger partial charge on any atom is -0.454 e. The second-order valence-electron chi connectivity index (χ2n) is 6.72.